The predicted octanol–water partition coefficient (Wildman–Crippen LogP) is 2.17. The van der Waals surface area contributed by atoms with Gasteiger partial charge >= 0.3 is 0 Å². The summed E-state index contributed by atoms with van der Waals surface area (Å²) in [5.41, 5.74) is 1.38. The summed E-state index contributed by atoms with van der Waals surface area (Å²) >= 11 is 4.51. The molecule has 1 heterocycles. The maximum absolute atomic E-state index is 8.78. The van der Waals surface area contributed by atoms with Gasteiger partial charge in [0.1, 0.15) is 0 Å². The SMILES string of the molecule is OCCOC1CCN(CC(CS)c2ccccc2)CC1. The minimum atomic E-state index is 0.121. The van der Waals surface area contributed by atoms with Crippen LogP contribution in [-0.4, -0.2) is 54.7 Å². The highest BCUT2D eigenvalue weighted by Gasteiger charge is 2.22. The fourth-order valence-corrected chi connectivity index (χ4v) is 3.11. The smallest absolute Gasteiger partial charge is 0.0701 e. The second-order valence-corrected chi connectivity index (χ2v) is 5.75. The predicted molar refractivity (Wildman–Crippen MR) is 85.5 cm³/mol. The van der Waals surface area contributed by atoms with Crippen molar-refractivity contribution in [2.75, 3.05) is 38.6 Å². The summed E-state index contributed by atoms with van der Waals surface area (Å²) in [4.78, 5) is 2.51. The highest BCUT2D eigenvalue weighted by molar-refractivity contribution is 7.80. The number of benzene rings is 1. The number of ether oxygens (including phenoxy) is 1. The third kappa shape index (κ3) is 4.77. The molecule has 20 heavy (non-hydrogen) atoms. The number of hydrogen-bond acceptors (Lipinski definition) is 4. The molecule has 0 amide bonds. The lowest BCUT2D eigenvalue weighted by atomic mass is 9.99. The molecule has 2 rings (SSSR count). The molecule has 1 aliphatic rings. The number of piperidine rings is 1. The molecule has 4 heteroatoms. The Kier molecular flexibility index (Phi) is 6.87. The summed E-state index contributed by atoms with van der Waals surface area (Å²) < 4.78 is 5.60. The second-order valence-electron chi connectivity index (χ2n) is 5.38. The third-order valence-electron chi connectivity index (χ3n) is 3.95. The van der Waals surface area contributed by atoms with Crippen LogP contribution in [0.3, 0.4) is 0 Å². The van der Waals surface area contributed by atoms with E-state index in [4.69, 9.17) is 9.84 Å². The molecule has 0 saturated carbocycles. The quantitative estimate of drug-likeness (QED) is 0.756. The monoisotopic (exact) mass is 295 g/mol. The van der Waals surface area contributed by atoms with Crippen molar-refractivity contribution < 1.29 is 9.84 Å². The van der Waals surface area contributed by atoms with Gasteiger partial charge in [-0.3, -0.25) is 0 Å². The number of thiol groups is 1. The van der Waals surface area contributed by atoms with Crippen LogP contribution in [0.2, 0.25) is 0 Å². The Labute approximate surface area is 127 Å². The van der Waals surface area contributed by atoms with E-state index >= 15 is 0 Å². The minimum Gasteiger partial charge on any atom is -0.394 e. The van der Waals surface area contributed by atoms with Gasteiger partial charge < -0.3 is 14.7 Å². The Morgan fingerprint density at radius 2 is 1.95 bits per heavy atom. The standard InChI is InChI=1S/C16H25NO2S/c18-10-11-19-16-6-8-17(9-7-16)12-15(13-20)14-4-2-1-3-5-14/h1-5,15-16,18,20H,6-13H2. The third-order valence-corrected chi connectivity index (χ3v) is 4.39. The van der Waals surface area contributed by atoms with Gasteiger partial charge in [-0.25, -0.2) is 0 Å². The van der Waals surface area contributed by atoms with Gasteiger partial charge in [0.25, 0.3) is 0 Å². The van der Waals surface area contributed by atoms with E-state index in [1.54, 1.807) is 0 Å². The molecule has 1 aromatic rings. The summed E-state index contributed by atoms with van der Waals surface area (Å²) in [6, 6.07) is 10.6. The molecule has 1 aliphatic heterocycles. The van der Waals surface area contributed by atoms with Crippen molar-refractivity contribution in [3.05, 3.63) is 35.9 Å². The van der Waals surface area contributed by atoms with Gasteiger partial charge in [0.05, 0.1) is 19.3 Å². The molecule has 1 aromatic carbocycles. The minimum absolute atomic E-state index is 0.121. The van der Waals surface area contributed by atoms with E-state index in [2.05, 4.69) is 47.9 Å². The van der Waals surface area contributed by atoms with E-state index in [-0.39, 0.29) is 6.61 Å². The van der Waals surface area contributed by atoms with Gasteiger partial charge in [0.2, 0.25) is 0 Å². The van der Waals surface area contributed by atoms with Crippen molar-refractivity contribution in [1.29, 1.82) is 0 Å². The Hall–Kier alpha value is -0.550. The summed E-state index contributed by atoms with van der Waals surface area (Å²) in [5, 5.41) is 8.78. The van der Waals surface area contributed by atoms with E-state index in [0.717, 1.165) is 38.2 Å². The van der Waals surface area contributed by atoms with Gasteiger partial charge in [0, 0.05) is 25.6 Å². The van der Waals surface area contributed by atoms with Gasteiger partial charge in [0.15, 0.2) is 0 Å². The summed E-state index contributed by atoms with van der Waals surface area (Å²) in [6.45, 7) is 3.81. The molecule has 0 bridgehead atoms. The number of hydrogen-bond donors (Lipinski definition) is 2. The molecule has 0 aliphatic carbocycles. The Morgan fingerprint density at radius 3 is 2.55 bits per heavy atom. The molecule has 0 radical (unpaired) electrons. The lowest BCUT2D eigenvalue weighted by Gasteiger charge is -2.34. The largest absolute Gasteiger partial charge is 0.394 e. The Bertz CT molecular complexity index is 366. The van der Waals surface area contributed by atoms with Gasteiger partial charge in [-0.2, -0.15) is 12.6 Å². The Balaban J connectivity index is 1.79. The fraction of sp³-hybridized carbons (Fsp3) is 0.625. The van der Waals surface area contributed by atoms with Crippen LogP contribution in [0.1, 0.15) is 24.3 Å². The summed E-state index contributed by atoms with van der Waals surface area (Å²) in [5.74, 6) is 1.37. The molecule has 0 spiro atoms. The number of aliphatic hydroxyl groups excluding tert-OH is 1. The molecule has 0 aromatic heterocycles. The maximum Gasteiger partial charge on any atom is 0.0701 e. The normalized spacial score (nSPS) is 19.1. The van der Waals surface area contributed by atoms with Crippen molar-refractivity contribution in [2.45, 2.75) is 24.9 Å². The number of rotatable bonds is 7. The summed E-state index contributed by atoms with van der Waals surface area (Å²) in [6.07, 6.45) is 2.45. The first-order valence-electron chi connectivity index (χ1n) is 7.44. The van der Waals surface area contributed by atoms with Gasteiger partial charge in [-0.15, -0.1) is 0 Å². The molecule has 3 nitrogen and oxygen atoms in total. The van der Waals surface area contributed by atoms with Gasteiger partial charge in [-0.1, -0.05) is 30.3 Å². The average molecular weight is 295 g/mol. The van der Waals surface area contributed by atoms with E-state index in [9.17, 15) is 0 Å². The van der Waals surface area contributed by atoms with Crippen molar-refractivity contribution >= 4 is 12.6 Å². The van der Waals surface area contributed by atoms with Crippen LogP contribution in [0.4, 0.5) is 0 Å². The lowest BCUT2D eigenvalue weighted by Crippen LogP contribution is -2.39. The van der Waals surface area contributed by atoms with Crippen molar-refractivity contribution in [3.8, 4) is 0 Å². The van der Waals surface area contributed by atoms with Crippen LogP contribution < -0.4 is 0 Å². The van der Waals surface area contributed by atoms with E-state index < -0.39 is 0 Å². The van der Waals surface area contributed by atoms with Crippen LogP contribution in [0, 0.1) is 0 Å². The molecule has 1 N–H and O–H groups in total. The zero-order valence-corrected chi connectivity index (χ0v) is 12.8. The summed E-state index contributed by atoms with van der Waals surface area (Å²) in [7, 11) is 0. The van der Waals surface area contributed by atoms with Crippen LogP contribution in [0.15, 0.2) is 30.3 Å². The average Bonchev–Trinajstić information content (AvgIpc) is 2.52. The first kappa shape index (κ1) is 15.8. The topological polar surface area (TPSA) is 32.7 Å². The van der Waals surface area contributed by atoms with Gasteiger partial charge in [-0.05, 0) is 24.2 Å². The van der Waals surface area contributed by atoms with E-state index in [0.29, 0.717) is 18.6 Å². The molecule has 1 atom stereocenters. The number of likely N-dealkylation sites (tertiary alicyclic amines) is 1. The van der Waals surface area contributed by atoms with Crippen molar-refractivity contribution in [2.24, 2.45) is 0 Å². The molecular formula is C16H25NO2S. The van der Waals surface area contributed by atoms with E-state index in [1.807, 2.05) is 0 Å². The molecular weight excluding hydrogens is 270 g/mol. The molecule has 1 fully saturated rings. The van der Waals surface area contributed by atoms with Crippen LogP contribution in [0.25, 0.3) is 0 Å². The zero-order chi connectivity index (χ0) is 14.2. The molecule has 1 unspecified atom stereocenters. The van der Waals surface area contributed by atoms with Crippen molar-refractivity contribution in [3.63, 3.8) is 0 Å². The second kappa shape index (κ2) is 8.67. The fourth-order valence-electron chi connectivity index (χ4n) is 2.78. The number of nitrogens with zero attached hydrogens (tertiary/aromatic N) is 1. The zero-order valence-electron chi connectivity index (χ0n) is 11.9. The first-order valence-corrected chi connectivity index (χ1v) is 8.07. The molecule has 1 saturated heterocycles. The maximum atomic E-state index is 8.78. The Morgan fingerprint density at radius 1 is 1.25 bits per heavy atom. The van der Waals surface area contributed by atoms with Crippen molar-refractivity contribution in [1.82, 2.24) is 4.90 Å². The van der Waals surface area contributed by atoms with Crippen LogP contribution in [0.5, 0.6) is 0 Å². The lowest BCUT2D eigenvalue weighted by molar-refractivity contribution is -0.00827. The van der Waals surface area contributed by atoms with Crippen LogP contribution >= 0.6 is 12.6 Å². The molecule has 112 valence electrons. The van der Waals surface area contributed by atoms with E-state index in [1.165, 1.54) is 5.56 Å². The first-order chi connectivity index (χ1) is 9.83. The number of aliphatic hydroxyl groups is 1. The highest BCUT2D eigenvalue weighted by atomic mass is 32.1. The highest BCUT2D eigenvalue weighted by Crippen LogP contribution is 2.21. The van der Waals surface area contributed by atoms with Crippen LogP contribution in [-0.2, 0) is 4.74 Å².